The van der Waals surface area contributed by atoms with Crippen LogP contribution in [0.3, 0.4) is 0 Å². The van der Waals surface area contributed by atoms with E-state index in [-0.39, 0.29) is 10.6 Å². The number of sulfonamides is 1. The zero-order chi connectivity index (χ0) is 24.3. The first-order valence-corrected chi connectivity index (χ1v) is 11.7. The van der Waals surface area contributed by atoms with Crippen molar-refractivity contribution in [1.29, 1.82) is 0 Å². The quantitative estimate of drug-likeness (QED) is 0.403. The number of benzene rings is 2. The number of nitrogens with one attached hydrogen (secondary N) is 1. The summed E-state index contributed by atoms with van der Waals surface area (Å²) in [6.45, 7) is 3.65. The highest BCUT2D eigenvalue weighted by Crippen LogP contribution is 2.30. The third-order valence-corrected chi connectivity index (χ3v) is 6.28. The Balaban J connectivity index is 1.52. The van der Waals surface area contributed by atoms with Crippen LogP contribution in [0.4, 0.5) is 5.69 Å². The van der Waals surface area contributed by atoms with E-state index in [0.29, 0.717) is 34.7 Å². The van der Waals surface area contributed by atoms with Crippen molar-refractivity contribution in [3.8, 4) is 28.9 Å². The smallest absolute Gasteiger partial charge is 0.265 e. The second kappa shape index (κ2) is 9.40. The van der Waals surface area contributed by atoms with Crippen LogP contribution in [0.15, 0.2) is 65.8 Å². The van der Waals surface area contributed by atoms with Crippen molar-refractivity contribution in [2.75, 3.05) is 18.9 Å². The molecule has 0 atom stereocenters. The van der Waals surface area contributed by atoms with Gasteiger partial charge in [-0.3, -0.25) is 9.29 Å². The summed E-state index contributed by atoms with van der Waals surface area (Å²) in [6, 6.07) is 12.7. The average molecular weight is 482 g/mol. The number of imidazole rings is 1. The number of anilines is 1. The molecule has 0 aliphatic rings. The van der Waals surface area contributed by atoms with Gasteiger partial charge >= 0.3 is 0 Å². The Kier molecular flexibility index (Phi) is 6.37. The molecule has 0 bridgehead atoms. The summed E-state index contributed by atoms with van der Waals surface area (Å²) in [5.74, 6) is 3.46. The fraction of sp³-hybridized carbons (Fsp3) is 0.174. The number of aromatic nitrogens is 4. The van der Waals surface area contributed by atoms with Crippen LogP contribution in [0.25, 0.3) is 5.82 Å². The number of nitrogens with zero attached hydrogens (tertiary/aromatic N) is 4. The Hall–Kier alpha value is -4.12. The van der Waals surface area contributed by atoms with Crippen LogP contribution in [-0.2, 0) is 10.0 Å². The molecule has 1 N–H and O–H groups in total. The lowest BCUT2D eigenvalue weighted by Crippen LogP contribution is -2.14. The van der Waals surface area contributed by atoms with Crippen molar-refractivity contribution < 1.29 is 22.6 Å². The van der Waals surface area contributed by atoms with Gasteiger partial charge in [0.25, 0.3) is 10.0 Å². The molecule has 2 aromatic carbocycles. The molecule has 0 aliphatic carbocycles. The van der Waals surface area contributed by atoms with E-state index < -0.39 is 10.0 Å². The van der Waals surface area contributed by atoms with Gasteiger partial charge in [0.1, 0.15) is 39.6 Å². The lowest BCUT2D eigenvalue weighted by Gasteiger charge is -2.13. The van der Waals surface area contributed by atoms with E-state index in [1.54, 1.807) is 55.7 Å². The maximum atomic E-state index is 12.9. The predicted molar refractivity (Wildman–Crippen MR) is 125 cm³/mol. The Morgan fingerprint density at radius 3 is 2.29 bits per heavy atom. The topological polar surface area (TPSA) is 117 Å². The fourth-order valence-corrected chi connectivity index (χ4v) is 4.45. The highest BCUT2D eigenvalue weighted by molar-refractivity contribution is 7.92. The minimum atomic E-state index is -3.89. The molecule has 0 saturated heterocycles. The van der Waals surface area contributed by atoms with E-state index in [9.17, 15) is 8.42 Å². The van der Waals surface area contributed by atoms with Crippen molar-refractivity contribution in [3.05, 3.63) is 72.6 Å². The first kappa shape index (κ1) is 23.1. The van der Waals surface area contributed by atoms with Gasteiger partial charge in [-0.1, -0.05) is 0 Å². The van der Waals surface area contributed by atoms with Gasteiger partial charge in [-0.2, -0.15) is 4.98 Å². The van der Waals surface area contributed by atoms with E-state index in [4.69, 9.17) is 14.2 Å². The van der Waals surface area contributed by atoms with E-state index in [0.717, 1.165) is 5.82 Å². The monoisotopic (exact) mass is 481 g/mol. The van der Waals surface area contributed by atoms with Crippen LogP contribution in [0.1, 0.15) is 11.6 Å². The molecule has 0 amide bonds. The number of hydrogen-bond donors (Lipinski definition) is 1. The molecule has 0 saturated carbocycles. The van der Waals surface area contributed by atoms with Crippen LogP contribution in [-0.4, -0.2) is 42.2 Å². The second-order valence-electron chi connectivity index (χ2n) is 7.20. The van der Waals surface area contributed by atoms with E-state index >= 15 is 0 Å². The molecule has 10 nitrogen and oxygen atoms in total. The molecule has 0 spiro atoms. The molecule has 0 radical (unpaired) electrons. The number of hydrogen-bond acceptors (Lipinski definition) is 8. The molecule has 4 aromatic rings. The molecule has 0 unspecified atom stereocenters. The Labute approximate surface area is 197 Å². The van der Waals surface area contributed by atoms with Crippen molar-refractivity contribution in [3.63, 3.8) is 0 Å². The summed E-state index contributed by atoms with van der Waals surface area (Å²) in [4.78, 5) is 12.9. The van der Waals surface area contributed by atoms with Gasteiger partial charge in [-0.25, -0.2) is 18.4 Å². The zero-order valence-corrected chi connectivity index (χ0v) is 19.8. The zero-order valence-electron chi connectivity index (χ0n) is 19.0. The van der Waals surface area contributed by atoms with E-state index in [2.05, 4.69) is 19.7 Å². The lowest BCUT2D eigenvalue weighted by atomic mass is 10.3. The van der Waals surface area contributed by atoms with Crippen LogP contribution in [0.5, 0.6) is 23.1 Å². The Morgan fingerprint density at radius 2 is 1.65 bits per heavy atom. The predicted octanol–water partition coefficient (Wildman–Crippen LogP) is 3.89. The van der Waals surface area contributed by atoms with Gasteiger partial charge in [0.2, 0.25) is 5.88 Å². The average Bonchev–Trinajstić information content (AvgIpc) is 3.25. The van der Waals surface area contributed by atoms with Gasteiger partial charge in [-0.05, 0) is 50.2 Å². The van der Waals surface area contributed by atoms with Crippen molar-refractivity contribution in [1.82, 2.24) is 19.5 Å². The number of rotatable bonds is 8. The minimum Gasteiger partial charge on any atom is -0.497 e. The first-order valence-electron chi connectivity index (χ1n) is 10.2. The Bertz CT molecular complexity index is 1420. The molecule has 0 aliphatic heterocycles. The number of aryl methyl sites for hydroxylation is 2. The van der Waals surface area contributed by atoms with Crippen LogP contribution >= 0.6 is 0 Å². The van der Waals surface area contributed by atoms with Crippen LogP contribution in [0, 0.1) is 13.8 Å². The summed E-state index contributed by atoms with van der Waals surface area (Å²) in [6.07, 6.45) is 3.49. The first-order chi connectivity index (χ1) is 16.3. The summed E-state index contributed by atoms with van der Waals surface area (Å²) in [5.41, 5.74) is 0.360. The van der Waals surface area contributed by atoms with Gasteiger partial charge in [0.05, 0.1) is 14.2 Å². The maximum Gasteiger partial charge on any atom is 0.265 e. The van der Waals surface area contributed by atoms with Crippen LogP contribution in [0.2, 0.25) is 0 Å². The maximum absolute atomic E-state index is 12.9. The van der Waals surface area contributed by atoms with Gasteiger partial charge in [-0.15, -0.1) is 0 Å². The summed E-state index contributed by atoms with van der Waals surface area (Å²) >= 11 is 0. The third kappa shape index (κ3) is 4.94. The molecule has 2 aromatic heterocycles. The standard InChI is InChI=1S/C23H23N5O5S/c1-15-25-22(28-12-11-24-16(28)2)14-23(26-15)33-18-7-5-17(6-8-18)27-34(29,30)21-10-9-19(31-3)13-20(21)32-4/h5-14,27H,1-4H3. The SMILES string of the molecule is COc1ccc(S(=O)(=O)Nc2ccc(Oc3cc(-n4ccnc4C)nc(C)n3)cc2)c(OC)c1. The highest BCUT2D eigenvalue weighted by Gasteiger charge is 2.20. The molecule has 34 heavy (non-hydrogen) atoms. The summed E-state index contributed by atoms with van der Waals surface area (Å²) in [5, 5.41) is 0. The van der Waals surface area contributed by atoms with E-state index in [1.807, 2.05) is 11.5 Å². The molecule has 176 valence electrons. The largest absolute Gasteiger partial charge is 0.497 e. The minimum absolute atomic E-state index is 0.00471. The molecule has 2 heterocycles. The van der Waals surface area contributed by atoms with Gasteiger partial charge in [0, 0.05) is 30.2 Å². The van der Waals surface area contributed by atoms with E-state index in [1.165, 1.54) is 26.4 Å². The fourth-order valence-electron chi connectivity index (χ4n) is 3.24. The highest BCUT2D eigenvalue weighted by atomic mass is 32.2. The summed E-state index contributed by atoms with van der Waals surface area (Å²) in [7, 11) is -1.00. The molecule has 4 rings (SSSR count). The normalized spacial score (nSPS) is 11.2. The van der Waals surface area contributed by atoms with Crippen molar-refractivity contribution >= 4 is 15.7 Å². The third-order valence-electron chi connectivity index (χ3n) is 4.86. The second-order valence-corrected chi connectivity index (χ2v) is 8.86. The van der Waals surface area contributed by atoms with Crippen molar-refractivity contribution in [2.24, 2.45) is 0 Å². The van der Waals surface area contributed by atoms with Crippen LogP contribution < -0.4 is 18.9 Å². The Morgan fingerprint density at radius 1 is 0.912 bits per heavy atom. The number of ether oxygens (including phenoxy) is 3. The van der Waals surface area contributed by atoms with Crippen molar-refractivity contribution in [2.45, 2.75) is 18.7 Å². The van der Waals surface area contributed by atoms with Gasteiger partial charge < -0.3 is 14.2 Å². The molecule has 0 fully saturated rings. The summed E-state index contributed by atoms with van der Waals surface area (Å²) < 4.78 is 46.3. The van der Waals surface area contributed by atoms with Gasteiger partial charge in [0.15, 0.2) is 0 Å². The molecular formula is C23H23N5O5S. The molecular weight excluding hydrogens is 458 g/mol. The number of methoxy groups -OCH3 is 2. The lowest BCUT2D eigenvalue weighted by molar-refractivity contribution is 0.386. The molecule has 11 heteroatoms.